The quantitative estimate of drug-likeness (QED) is 0.218. The fraction of sp³-hybridized carbons (Fsp3) is 0. The topological polar surface area (TPSA) is 110 Å². The van der Waals surface area contributed by atoms with Crippen LogP contribution in [0.15, 0.2) is 66.7 Å². The average molecular weight is 504 g/mol. The number of aromatic nitrogens is 2. The van der Waals surface area contributed by atoms with Gasteiger partial charge >= 0.3 is 0 Å². The van der Waals surface area contributed by atoms with Gasteiger partial charge in [-0.15, -0.1) is 0 Å². The summed E-state index contributed by atoms with van der Waals surface area (Å²) in [5, 5.41) is 22.1. The second-order valence-corrected chi connectivity index (χ2v) is 8.05. The normalized spacial score (nSPS) is 10.6. The zero-order valence-electron chi connectivity index (χ0n) is 16.5. The van der Waals surface area contributed by atoms with E-state index in [0.29, 0.717) is 32.1 Å². The average Bonchev–Trinajstić information content (AvgIpc) is 3.25. The molecule has 2 N–H and O–H groups in total. The van der Waals surface area contributed by atoms with Crippen LogP contribution in [0.25, 0.3) is 11.3 Å². The third-order valence-corrected chi connectivity index (χ3v) is 5.24. The number of hydrogen-bond acceptors (Lipinski definition) is 5. The summed E-state index contributed by atoms with van der Waals surface area (Å²) in [6, 6.07) is 16.8. The van der Waals surface area contributed by atoms with Crippen molar-refractivity contribution in [2.45, 2.75) is 0 Å². The first-order valence-corrected chi connectivity index (χ1v) is 10.5. The molecule has 0 aliphatic rings. The fourth-order valence-electron chi connectivity index (χ4n) is 2.93. The summed E-state index contributed by atoms with van der Waals surface area (Å²) in [6.07, 6.45) is 0. The highest BCUT2D eigenvalue weighted by molar-refractivity contribution is 6.36. The molecule has 0 saturated carbocycles. The summed E-state index contributed by atoms with van der Waals surface area (Å²) in [6.45, 7) is 0. The van der Waals surface area contributed by atoms with Crippen LogP contribution < -0.4 is 10.1 Å². The van der Waals surface area contributed by atoms with Gasteiger partial charge in [0, 0.05) is 27.7 Å². The molecule has 1 amide bonds. The van der Waals surface area contributed by atoms with Crippen molar-refractivity contribution in [2.75, 3.05) is 5.32 Å². The molecule has 0 spiro atoms. The van der Waals surface area contributed by atoms with Crippen LogP contribution in [0.2, 0.25) is 15.1 Å². The number of amides is 1. The number of nitrogens with one attached hydrogen (secondary N) is 2. The SMILES string of the molecule is O=C(Nc1cc(Oc2ccc(Cl)cc2)cc([N+](=O)[O-])c1)c1cc(-c2ccc(Cl)cc2Cl)n[nH]1. The minimum atomic E-state index is -0.582. The molecule has 11 heteroatoms. The van der Waals surface area contributed by atoms with E-state index in [9.17, 15) is 14.9 Å². The third kappa shape index (κ3) is 5.43. The summed E-state index contributed by atoms with van der Waals surface area (Å²) < 4.78 is 5.68. The molecule has 166 valence electrons. The summed E-state index contributed by atoms with van der Waals surface area (Å²) >= 11 is 18.0. The van der Waals surface area contributed by atoms with Gasteiger partial charge in [0.2, 0.25) is 0 Å². The van der Waals surface area contributed by atoms with E-state index in [2.05, 4.69) is 15.5 Å². The number of non-ortho nitro benzene ring substituents is 1. The van der Waals surface area contributed by atoms with E-state index in [1.807, 2.05) is 0 Å². The number of ether oxygens (including phenoxy) is 1. The van der Waals surface area contributed by atoms with Crippen molar-refractivity contribution in [3.63, 3.8) is 0 Å². The van der Waals surface area contributed by atoms with Crippen molar-refractivity contribution < 1.29 is 14.5 Å². The monoisotopic (exact) mass is 502 g/mol. The largest absolute Gasteiger partial charge is 0.457 e. The Labute approximate surface area is 202 Å². The molecule has 0 aliphatic carbocycles. The van der Waals surface area contributed by atoms with Crippen molar-refractivity contribution >= 4 is 52.1 Å². The molecule has 1 aromatic heterocycles. The van der Waals surface area contributed by atoms with Crippen LogP contribution in [0.4, 0.5) is 11.4 Å². The molecule has 33 heavy (non-hydrogen) atoms. The predicted octanol–water partition coefficient (Wildman–Crippen LogP) is 6.99. The summed E-state index contributed by atoms with van der Waals surface area (Å²) in [7, 11) is 0. The Kier molecular flexibility index (Phi) is 6.50. The molecule has 0 aliphatic heterocycles. The maximum Gasteiger partial charge on any atom is 0.275 e. The molecule has 0 radical (unpaired) electrons. The van der Waals surface area contributed by atoms with E-state index >= 15 is 0 Å². The van der Waals surface area contributed by atoms with Gasteiger partial charge in [-0.25, -0.2) is 0 Å². The van der Waals surface area contributed by atoms with Gasteiger partial charge in [0.05, 0.1) is 27.4 Å². The number of hydrogen-bond donors (Lipinski definition) is 2. The van der Waals surface area contributed by atoms with E-state index in [-0.39, 0.29) is 22.8 Å². The van der Waals surface area contributed by atoms with Crippen LogP contribution in [-0.4, -0.2) is 21.0 Å². The molecule has 0 unspecified atom stereocenters. The lowest BCUT2D eigenvalue weighted by Crippen LogP contribution is -2.12. The number of nitrogens with zero attached hydrogens (tertiary/aromatic N) is 2. The highest BCUT2D eigenvalue weighted by Gasteiger charge is 2.17. The second-order valence-electron chi connectivity index (χ2n) is 6.77. The smallest absolute Gasteiger partial charge is 0.275 e. The van der Waals surface area contributed by atoms with Crippen LogP contribution in [0.3, 0.4) is 0 Å². The minimum Gasteiger partial charge on any atom is -0.457 e. The van der Waals surface area contributed by atoms with E-state index < -0.39 is 10.8 Å². The van der Waals surface area contributed by atoms with Crippen LogP contribution in [0.1, 0.15) is 10.5 Å². The van der Waals surface area contributed by atoms with E-state index in [1.54, 1.807) is 42.5 Å². The number of rotatable bonds is 6. The Bertz CT molecular complexity index is 1360. The fourth-order valence-corrected chi connectivity index (χ4v) is 3.56. The summed E-state index contributed by atoms with van der Waals surface area (Å²) in [5.41, 5.74) is 1.06. The summed E-state index contributed by atoms with van der Waals surface area (Å²) in [5.74, 6) is 0.0343. The van der Waals surface area contributed by atoms with E-state index in [4.69, 9.17) is 39.5 Å². The Balaban J connectivity index is 1.57. The molecule has 4 aromatic rings. The van der Waals surface area contributed by atoms with Crippen molar-refractivity contribution in [1.29, 1.82) is 0 Å². The maximum atomic E-state index is 12.7. The molecule has 0 bridgehead atoms. The van der Waals surface area contributed by atoms with Crippen LogP contribution in [-0.2, 0) is 0 Å². The molecule has 4 rings (SSSR count). The van der Waals surface area contributed by atoms with E-state index in [1.165, 1.54) is 24.3 Å². The molecule has 8 nitrogen and oxygen atoms in total. The van der Waals surface area contributed by atoms with Gasteiger partial charge in [0.1, 0.15) is 17.2 Å². The Morgan fingerprint density at radius 2 is 1.67 bits per heavy atom. The number of H-pyrrole nitrogens is 1. The van der Waals surface area contributed by atoms with Gasteiger partial charge in [0.25, 0.3) is 11.6 Å². The van der Waals surface area contributed by atoms with Crippen molar-refractivity contribution in [2.24, 2.45) is 0 Å². The molecule has 0 saturated heterocycles. The third-order valence-electron chi connectivity index (χ3n) is 4.44. The highest BCUT2D eigenvalue weighted by Crippen LogP contribution is 2.32. The second kappa shape index (κ2) is 9.50. The zero-order chi connectivity index (χ0) is 23.5. The molecule has 0 fully saturated rings. The lowest BCUT2D eigenvalue weighted by Gasteiger charge is -2.09. The lowest BCUT2D eigenvalue weighted by molar-refractivity contribution is -0.384. The molecular formula is C22H13Cl3N4O4. The predicted molar refractivity (Wildman–Crippen MR) is 127 cm³/mol. The van der Waals surface area contributed by atoms with Gasteiger partial charge in [-0.2, -0.15) is 5.10 Å². The van der Waals surface area contributed by atoms with Gasteiger partial charge in [-0.05, 0) is 48.5 Å². The standard InChI is InChI=1S/C22H13Cl3N4O4/c23-12-1-4-16(5-2-12)33-17-9-14(8-15(10-17)29(31)32)26-22(30)21-11-20(27-28-21)18-6-3-13(24)7-19(18)25/h1-11H,(H,26,30)(H,27,28). The number of aromatic amines is 1. The Morgan fingerprint density at radius 3 is 2.36 bits per heavy atom. The van der Waals surface area contributed by atoms with Gasteiger partial charge in [-0.1, -0.05) is 34.8 Å². The zero-order valence-corrected chi connectivity index (χ0v) is 18.8. The van der Waals surface area contributed by atoms with Gasteiger partial charge < -0.3 is 10.1 Å². The number of anilines is 1. The van der Waals surface area contributed by atoms with E-state index in [0.717, 1.165) is 0 Å². The highest BCUT2D eigenvalue weighted by atomic mass is 35.5. The molecule has 3 aromatic carbocycles. The van der Waals surface area contributed by atoms with Crippen molar-refractivity contribution in [1.82, 2.24) is 10.2 Å². The first kappa shape index (κ1) is 22.6. The lowest BCUT2D eigenvalue weighted by atomic mass is 10.1. The van der Waals surface area contributed by atoms with Crippen molar-refractivity contribution in [3.8, 4) is 22.8 Å². The molecular weight excluding hydrogens is 491 g/mol. The number of nitro groups is 1. The van der Waals surface area contributed by atoms with Crippen molar-refractivity contribution in [3.05, 3.63) is 97.6 Å². The first-order valence-electron chi connectivity index (χ1n) is 9.33. The van der Waals surface area contributed by atoms with Crippen LogP contribution >= 0.6 is 34.8 Å². The molecule has 0 atom stereocenters. The number of benzene rings is 3. The molecule has 1 heterocycles. The first-order chi connectivity index (χ1) is 15.8. The summed E-state index contributed by atoms with van der Waals surface area (Å²) in [4.78, 5) is 23.5. The minimum absolute atomic E-state index is 0.127. The maximum absolute atomic E-state index is 12.7. The Morgan fingerprint density at radius 1 is 0.939 bits per heavy atom. The van der Waals surface area contributed by atoms with Gasteiger partial charge in [-0.3, -0.25) is 20.0 Å². The number of carbonyl (C=O) groups excluding carboxylic acids is 1. The number of nitro benzene ring substituents is 1. The van der Waals surface area contributed by atoms with Gasteiger partial charge in [0.15, 0.2) is 0 Å². The van der Waals surface area contributed by atoms with Crippen LogP contribution in [0, 0.1) is 10.1 Å². The number of carbonyl (C=O) groups is 1. The Hall–Kier alpha value is -3.59. The van der Waals surface area contributed by atoms with Crippen LogP contribution in [0.5, 0.6) is 11.5 Å². The number of halogens is 3.